The predicted octanol–water partition coefficient (Wildman–Crippen LogP) is 6.10. The van der Waals surface area contributed by atoms with Crippen LogP contribution in [0.25, 0.3) is 0 Å². The summed E-state index contributed by atoms with van der Waals surface area (Å²) in [5.74, 6) is -0.129. The van der Waals surface area contributed by atoms with Crippen LogP contribution in [0.4, 0.5) is 0 Å². The first-order valence-corrected chi connectivity index (χ1v) is 14.1. The second-order valence-electron chi connectivity index (χ2n) is 10.2. The zero-order valence-electron chi connectivity index (χ0n) is 22.0. The van der Waals surface area contributed by atoms with E-state index in [0.717, 1.165) is 69.4 Å². The molecule has 1 atom stereocenters. The minimum absolute atomic E-state index is 0.136. The normalized spacial score (nSPS) is 16.4. The Morgan fingerprint density at radius 3 is 2.11 bits per heavy atom. The Labute approximate surface area is 222 Å². The number of benzene rings is 2. The predicted molar refractivity (Wildman–Crippen MR) is 155 cm³/mol. The van der Waals surface area contributed by atoms with Gasteiger partial charge in [0.05, 0.1) is 0 Å². The molecule has 1 unspecified atom stereocenters. The van der Waals surface area contributed by atoms with Gasteiger partial charge >= 0.3 is 0 Å². The third-order valence-corrected chi connectivity index (χ3v) is 8.12. The second kappa shape index (κ2) is 13.8. The van der Waals surface area contributed by atoms with Gasteiger partial charge in [-0.15, -0.1) is 11.8 Å². The van der Waals surface area contributed by atoms with Crippen LogP contribution in [-0.4, -0.2) is 43.0 Å². The number of nitrogens with zero attached hydrogens (tertiary/aromatic N) is 1. The molecule has 1 saturated heterocycles. The van der Waals surface area contributed by atoms with Crippen molar-refractivity contribution in [1.82, 2.24) is 10.2 Å². The number of nitrogens with one attached hydrogen (secondary N) is 1. The second-order valence-corrected chi connectivity index (χ2v) is 11.5. The topological polar surface area (TPSA) is 58.4 Å². The zero-order valence-corrected chi connectivity index (χ0v) is 22.9. The number of hydrogen-bond donors (Lipinski definition) is 2. The van der Waals surface area contributed by atoms with Crippen molar-refractivity contribution in [2.75, 3.05) is 26.2 Å². The fraction of sp³-hybridized carbons (Fsp3) is 0.452. The van der Waals surface area contributed by atoms with E-state index >= 15 is 0 Å². The van der Waals surface area contributed by atoms with Crippen molar-refractivity contribution in [3.63, 3.8) is 0 Å². The molecule has 1 heterocycles. The zero-order chi connectivity index (χ0) is 26.0. The first-order valence-electron chi connectivity index (χ1n) is 13.2. The van der Waals surface area contributed by atoms with E-state index < -0.39 is 5.41 Å². The quantitative estimate of drug-likeness (QED) is 0.287. The number of thioether (sulfide) groups is 1. The number of carbonyl (C=O) groups is 1. The highest BCUT2D eigenvalue weighted by molar-refractivity contribution is 8.06. The number of carbonyl (C=O) groups excluding carboxylic acids is 1. The molecule has 0 aliphatic carbocycles. The highest BCUT2D eigenvalue weighted by atomic mass is 32.2. The van der Waals surface area contributed by atoms with E-state index in [9.17, 15) is 4.79 Å². The van der Waals surface area contributed by atoms with Crippen LogP contribution in [0.1, 0.15) is 57.1 Å². The molecule has 5 heteroatoms. The Kier molecular flexibility index (Phi) is 10.8. The molecule has 2 aromatic carbocycles. The van der Waals surface area contributed by atoms with Crippen molar-refractivity contribution in [3.05, 3.63) is 94.8 Å². The molecule has 194 valence electrons. The average molecular weight is 506 g/mol. The summed E-state index contributed by atoms with van der Waals surface area (Å²) in [6.45, 7) is 16.7. The smallest absolute Gasteiger partial charge is 0.232 e. The van der Waals surface area contributed by atoms with Crippen LogP contribution < -0.4 is 11.1 Å². The highest BCUT2D eigenvalue weighted by Crippen LogP contribution is 2.43. The minimum atomic E-state index is -0.821. The van der Waals surface area contributed by atoms with Crippen LogP contribution in [0.15, 0.2) is 83.6 Å². The van der Waals surface area contributed by atoms with Gasteiger partial charge in [0, 0.05) is 12.6 Å². The summed E-state index contributed by atoms with van der Waals surface area (Å²) in [7, 11) is 0. The monoisotopic (exact) mass is 505 g/mol. The van der Waals surface area contributed by atoms with Gasteiger partial charge in [-0.3, -0.25) is 4.79 Å². The van der Waals surface area contributed by atoms with E-state index in [1.165, 1.54) is 9.81 Å². The van der Waals surface area contributed by atoms with Gasteiger partial charge in [-0.05, 0) is 78.6 Å². The van der Waals surface area contributed by atoms with Crippen LogP contribution >= 0.6 is 11.8 Å². The largest absolute Gasteiger partial charge is 0.369 e. The number of likely N-dealkylation sites (tertiary alicyclic amines) is 1. The summed E-state index contributed by atoms with van der Waals surface area (Å²) in [5, 5.41) is 3.45. The Bertz CT molecular complexity index is 950. The van der Waals surface area contributed by atoms with Crippen LogP contribution in [0, 0.1) is 5.92 Å². The molecule has 1 aliphatic rings. The van der Waals surface area contributed by atoms with Gasteiger partial charge in [0.2, 0.25) is 5.91 Å². The Hall–Kier alpha value is -2.34. The molecule has 1 aliphatic heterocycles. The first kappa shape index (κ1) is 28.2. The third-order valence-electron chi connectivity index (χ3n) is 7.14. The van der Waals surface area contributed by atoms with E-state index in [2.05, 4.69) is 37.2 Å². The van der Waals surface area contributed by atoms with E-state index in [4.69, 9.17) is 5.73 Å². The Morgan fingerprint density at radius 1 is 1.03 bits per heavy atom. The summed E-state index contributed by atoms with van der Waals surface area (Å²) >= 11 is 1.75. The van der Waals surface area contributed by atoms with E-state index in [1.807, 2.05) is 60.7 Å². The molecule has 3 N–H and O–H groups in total. The lowest BCUT2D eigenvalue weighted by atomic mass is 9.64. The van der Waals surface area contributed by atoms with Gasteiger partial charge in [-0.1, -0.05) is 87.7 Å². The molecule has 0 spiro atoms. The fourth-order valence-electron chi connectivity index (χ4n) is 5.40. The lowest BCUT2D eigenvalue weighted by molar-refractivity contribution is -0.123. The maximum Gasteiger partial charge on any atom is 0.232 e. The molecular formula is C31H43N3OS. The van der Waals surface area contributed by atoms with Gasteiger partial charge in [-0.2, -0.15) is 0 Å². The van der Waals surface area contributed by atoms with E-state index in [1.54, 1.807) is 11.8 Å². The van der Waals surface area contributed by atoms with Crippen LogP contribution in [0.5, 0.6) is 0 Å². The molecule has 1 fully saturated rings. The van der Waals surface area contributed by atoms with Gasteiger partial charge in [0.1, 0.15) is 5.41 Å². The molecular weight excluding hydrogens is 462 g/mol. The van der Waals surface area contributed by atoms with E-state index in [-0.39, 0.29) is 11.8 Å². The molecule has 36 heavy (non-hydrogen) atoms. The maximum absolute atomic E-state index is 13.2. The summed E-state index contributed by atoms with van der Waals surface area (Å²) in [6, 6.07) is 20.7. The number of allylic oxidation sites excluding steroid dienone is 2. The van der Waals surface area contributed by atoms with Crippen molar-refractivity contribution in [2.24, 2.45) is 11.7 Å². The Balaban J connectivity index is 1.56. The molecule has 1 amide bonds. The van der Waals surface area contributed by atoms with Crippen molar-refractivity contribution >= 4 is 17.7 Å². The van der Waals surface area contributed by atoms with Gasteiger partial charge < -0.3 is 16.0 Å². The van der Waals surface area contributed by atoms with Gasteiger partial charge in [0.25, 0.3) is 0 Å². The number of nitrogens with two attached hydrogens (primary N) is 1. The standard InChI is InChI=1S/C31H43N3OS/c1-24(2)33-20-11-13-25(3)36-26(4)14-12-21-34-22-19-29(23-34)31(30(32)35,27-15-7-5-8-16-27)28-17-9-6-10-18-28/h5-10,15-18,24,29,33H,3-4,11-14,19-23H2,1-2H3,(H2,32,35). The Morgan fingerprint density at radius 2 is 1.58 bits per heavy atom. The third kappa shape index (κ3) is 7.34. The highest BCUT2D eigenvalue weighted by Gasteiger charge is 2.49. The fourth-order valence-corrected chi connectivity index (χ4v) is 6.30. The summed E-state index contributed by atoms with van der Waals surface area (Å²) in [4.78, 5) is 18.1. The van der Waals surface area contributed by atoms with Crippen LogP contribution in [0.2, 0.25) is 0 Å². The molecule has 0 radical (unpaired) electrons. The number of hydrogen-bond acceptors (Lipinski definition) is 4. The lowest BCUT2D eigenvalue weighted by Crippen LogP contribution is -2.49. The molecule has 0 bridgehead atoms. The van der Waals surface area contributed by atoms with Crippen molar-refractivity contribution in [2.45, 2.75) is 57.4 Å². The number of rotatable bonds is 15. The average Bonchev–Trinajstić information content (AvgIpc) is 3.32. The molecule has 2 aromatic rings. The van der Waals surface area contributed by atoms with E-state index in [0.29, 0.717) is 6.04 Å². The lowest BCUT2D eigenvalue weighted by Gasteiger charge is -2.37. The van der Waals surface area contributed by atoms with Gasteiger partial charge in [-0.25, -0.2) is 0 Å². The van der Waals surface area contributed by atoms with Crippen LogP contribution in [0.3, 0.4) is 0 Å². The molecule has 4 nitrogen and oxygen atoms in total. The number of amides is 1. The van der Waals surface area contributed by atoms with Gasteiger partial charge in [0.15, 0.2) is 0 Å². The van der Waals surface area contributed by atoms with Crippen molar-refractivity contribution in [1.29, 1.82) is 0 Å². The number of primary amides is 1. The maximum atomic E-state index is 13.2. The van der Waals surface area contributed by atoms with Crippen molar-refractivity contribution < 1.29 is 4.79 Å². The summed E-state index contributed by atoms with van der Waals surface area (Å²) in [5.41, 5.74) is 7.38. The summed E-state index contributed by atoms with van der Waals surface area (Å²) < 4.78 is 0. The minimum Gasteiger partial charge on any atom is -0.369 e. The first-order chi connectivity index (χ1) is 17.3. The SMILES string of the molecule is C=C(CCCNC(C)C)SC(=C)CCCN1CCC(C(C(N)=O)(c2ccccc2)c2ccccc2)C1. The van der Waals surface area contributed by atoms with Crippen LogP contribution in [-0.2, 0) is 10.2 Å². The summed E-state index contributed by atoms with van der Waals surface area (Å²) in [6.07, 6.45) is 5.11. The molecule has 0 saturated carbocycles. The molecule has 3 rings (SSSR count). The van der Waals surface area contributed by atoms with Crippen molar-refractivity contribution in [3.8, 4) is 0 Å². The molecule has 0 aromatic heterocycles.